The molecule has 0 saturated heterocycles. The Balaban J connectivity index is 1.93. The number of aryl methyl sites for hydroxylation is 1. The minimum Gasteiger partial charge on any atom is -0.336 e. The van der Waals surface area contributed by atoms with Crippen LogP contribution in [-0.2, 0) is 7.05 Å². The van der Waals surface area contributed by atoms with E-state index in [1.807, 2.05) is 17.8 Å². The van der Waals surface area contributed by atoms with E-state index in [2.05, 4.69) is 34.7 Å². The molecule has 1 aromatic carbocycles. The lowest BCUT2D eigenvalue weighted by Gasteiger charge is -2.27. The van der Waals surface area contributed by atoms with E-state index in [1.54, 1.807) is 6.33 Å². The van der Waals surface area contributed by atoms with Gasteiger partial charge < -0.3 is 4.57 Å². The lowest BCUT2D eigenvalue weighted by Crippen LogP contribution is -2.30. The number of hydrazine groups is 1. The van der Waals surface area contributed by atoms with E-state index in [0.29, 0.717) is 0 Å². The summed E-state index contributed by atoms with van der Waals surface area (Å²) in [5.74, 6) is 6.49. The van der Waals surface area contributed by atoms with Crippen molar-refractivity contribution in [2.24, 2.45) is 12.9 Å². The Morgan fingerprint density at radius 1 is 1.42 bits per heavy atom. The van der Waals surface area contributed by atoms with E-state index in [0.717, 1.165) is 11.6 Å². The summed E-state index contributed by atoms with van der Waals surface area (Å²) in [6.07, 6.45) is 7.65. The second kappa shape index (κ2) is 5.15. The van der Waals surface area contributed by atoms with Gasteiger partial charge in [0, 0.05) is 7.05 Å². The third-order valence-corrected chi connectivity index (χ3v) is 4.14. The highest BCUT2D eigenvalue weighted by Crippen LogP contribution is 2.37. The van der Waals surface area contributed by atoms with Gasteiger partial charge in [0.15, 0.2) is 0 Å². The molecule has 2 aromatic rings. The van der Waals surface area contributed by atoms with Crippen molar-refractivity contribution in [3.05, 3.63) is 53.6 Å². The molecular weight excluding hydrogens is 236 g/mol. The molecule has 1 aromatic heterocycles. The van der Waals surface area contributed by atoms with Gasteiger partial charge in [0.25, 0.3) is 0 Å². The first kappa shape index (κ1) is 12.4. The number of hydrogen-bond donors (Lipinski definition) is 2. The number of rotatable bonds is 4. The fourth-order valence-electron chi connectivity index (χ4n) is 2.73. The molecule has 1 atom stereocenters. The van der Waals surface area contributed by atoms with E-state index in [9.17, 15) is 0 Å². The zero-order chi connectivity index (χ0) is 13.2. The van der Waals surface area contributed by atoms with Crippen molar-refractivity contribution < 1.29 is 0 Å². The van der Waals surface area contributed by atoms with Gasteiger partial charge in [-0.1, -0.05) is 30.7 Å². The Morgan fingerprint density at radius 2 is 2.26 bits per heavy atom. The summed E-state index contributed by atoms with van der Waals surface area (Å²) < 4.78 is 2.00. The Hall–Kier alpha value is -1.65. The van der Waals surface area contributed by atoms with Crippen molar-refractivity contribution in [2.45, 2.75) is 31.2 Å². The second-order valence-corrected chi connectivity index (χ2v) is 5.33. The molecular formula is C15H20N4. The maximum absolute atomic E-state index is 5.75. The average molecular weight is 256 g/mol. The maximum Gasteiger partial charge on any atom is 0.0946 e. The third-order valence-electron chi connectivity index (χ3n) is 4.14. The number of nitrogens with one attached hydrogen (secondary N) is 1. The first-order valence-electron chi connectivity index (χ1n) is 6.82. The van der Waals surface area contributed by atoms with Gasteiger partial charge in [-0.25, -0.2) is 10.4 Å². The highest BCUT2D eigenvalue weighted by Gasteiger charge is 2.21. The molecule has 0 spiro atoms. The van der Waals surface area contributed by atoms with Gasteiger partial charge in [-0.2, -0.15) is 0 Å². The highest BCUT2D eigenvalue weighted by molar-refractivity contribution is 5.33. The molecule has 0 aliphatic heterocycles. The summed E-state index contributed by atoms with van der Waals surface area (Å²) in [5, 5.41) is 0. The zero-order valence-electron chi connectivity index (χ0n) is 11.2. The van der Waals surface area contributed by atoms with E-state index in [4.69, 9.17) is 5.84 Å². The Bertz CT molecular complexity index is 557. The van der Waals surface area contributed by atoms with Crippen LogP contribution in [-0.4, -0.2) is 9.55 Å². The average Bonchev–Trinajstić information content (AvgIpc) is 2.75. The van der Waals surface area contributed by atoms with E-state index in [-0.39, 0.29) is 6.04 Å². The van der Waals surface area contributed by atoms with Gasteiger partial charge in [0.1, 0.15) is 0 Å². The standard InChI is InChI=1S/C15H20N4/c1-19-10-17-9-14(19)15(18-16)13-7-3-6-12(8-13)11-4-2-5-11/h3,6-11,15,18H,2,4-5,16H2,1H3. The number of aromatic nitrogens is 2. The van der Waals surface area contributed by atoms with Crippen molar-refractivity contribution in [3.63, 3.8) is 0 Å². The first-order chi connectivity index (χ1) is 9.29. The van der Waals surface area contributed by atoms with Crippen molar-refractivity contribution in [1.82, 2.24) is 15.0 Å². The number of nitrogens with zero attached hydrogens (tertiary/aromatic N) is 2. The monoisotopic (exact) mass is 256 g/mol. The molecule has 4 heteroatoms. The minimum atomic E-state index is -0.00692. The van der Waals surface area contributed by atoms with Crippen molar-refractivity contribution in [3.8, 4) is 0 Å². The van der Waals surface area contributed by atoms with Gasteiger partial charge in [-0.05, 0) is 29.9 Å². The molecule has 1 aliphatic carbocycles. The topological polar surface area (TPSA) is 55.9 Å². The minimum absolute atomic E-state index is 0.00692. The third kappa shape index (κ3) is 2.29. The fourth-order valence-corrected chi connectivity index (χ4v) is 2.73. The van der Waals surface area contributed by atoms with Crippen LogP contribution in [0.3, 0.4) is 0 Å². The van der Waals surface area contributed by atoms with Crippen molar-refractivity contribution in [2.75, 3.05) is 0 Å². The van der Waals surface area contributed by atoms with Crippen LogP contribution < -0.4 is 11.3 Å². The van der Waals surface area contributed by atoms with E-state index >= 15 is 0 Å². The predicted molar refractivity (Wildman–Crippen MR) is 75.4 cm³/mol. The Morgan fingerprint density at radius 3 is 2.84 bits per heavy atom. The van der Waals surface area contributed by atoms with Gasteiger partial charge in [0.2, 0.25) is 0 Å². The predicted octanol–water partition coefficient (Wildman–Crippen LogP) is 2.24. The molecule has 3 N–H and O–H groups in total. The molecule has 100 valence electrons. The van der Waals surface area contributed by atoms with Gasteiger partial charge in [-0.15, -0.1) is 0 Å². The van der Waals surface area contributed by atoms with Crippen LogP contribution in [0.2, 0.25) is 0 Å². The van der Waals surface area contributed by atoms with Crippen LogP contribution in [0.5, 0.6) is 0 Å². The molecule has 19 heavy (non-hydrogen) atoms. The molecule has 0 amide bonds. The molecule has 1 unspecified atom stereocenters. The molecule has 1 aliphatic rings. The largest absolute Gasteiger partial charge is 0.336 e. The summed E-state index contributed by atoms with van der Waals surface area (Å²) >= 11 is 0. The fraction of sp³-hybridized carbons (Fsp3) is 0.400. The summed E-state index contributed by atoms with van der Waals surface area (Å²) in [6.45, 7) is 0. The van der Waals surface area contributed by atoms with Crippen LogP contribution in [0, 0.1) is 0 Å². The summed E-state index contributed by atoms with van der Waals surface area (Å²) in [6, 6.07) is 8.75. The molecule has 0 bridgehead atoms. The molecule has 3 rings (SSSR count). The Kier molecular flexibility index (Phi) is 3.36. The van der Waals surface area contributed by atoms with Crippen LogP contribution in [0.15, 0.2) is 36.8 Å². The van der Waals surface area contributed by atoms with Crippen molar-refractivity contribution >= 4 is 0 Å². The number of nitrogens with two attached hydrogens (primary N) is 1. The first-order valence-corrected chi connectivity index (χ1v) is 6.82. The van der Waals surface area contributed by atoms with Crippen LogP contribution in [0.1, 0.15) is 48.0 Å². The maximum atomic E-state index is 5.75. The van der Waals surface area contributed by atoms with E-state index < -0.39 is 0 Å². The normalized spacial score (nSPS) is 17.2. The molecule has 4 nitrogen and oxygen atoms in total. The summed E-state index contributed by atoms with van der Waals surface area (Å²) in [4.78, 5) is 4.17. The lowest BCUT2D eigenvalue weighted by molar-refractivity contribution is 0.419. The summed E-state index contributed by atoms with van der Waals surface area (Å²) in [5.41, 5.74) is 6.62. The van der Waals surface area contributed by atoms with Crippen molar-refractivity contribution in [1.29, 1.82) is 0 Å². The summed E-state index contributed by atoms with van der Waals surface area (Å²) in [7, 11) is 1.99. The van der Waals surface area contributed by atoms with Crippen LogP contribution >= 0.6 is 0 Å². The molecule has 1 fully saturated rings. The number of benzene rings is 1. The van der Waals surface area contributed by atoms with Crippen LogP contribution in [0.25, 0.3) is 0 Å². The molecule has 1 heterocycles. The smallest absolute Gasteiger partial charge is 0.0946 e. The van der Waals surface area contributed by atoms with Gasteiger partial charge in [0.05, 0.1) is 24.3 Å². The van der Waals surface area contributed by atoms with Gasteiger partial charge >= 0.3 is 0 Å². The number of hydrogen-bond acceptors (Lipinski definition) is 3. The highest BCUT2D eigenvalue weighted by atomic mass is 15.2. The zero-order valence-corrected chi connectivity index (χ0v) is 11.2. The van der Waals surface area contributed by atoms with Crippen LogP contribution in [0.4, 0.5) is 0 Å². The van der Waals surface area contributed by atoms with E-state index in [1.165, 1.54) is 30.4 Å². The Labute approximate surface area is 113 Å². The van der Waals surface area contributed by atoms with Gasteiger partial charge in [-0.3, -0.25) is 5.84 Å². The quantitative estimate of drug-likeness (QED) is 0.651. The lowest BCUT2D eigenvalue weighted by atomic mass is 9.79. The SMILES string of the molecule is Cn1cncc1C(NN)c1cccc(C2CCC2)c1. The second-order valence-electron chi connectivity index (χ2n) is 5.33. The number of imidazole rings is 1. The molecule has 0 radical (unpaired) electrons. The molecule has 1 saturated carbocycles.